The van der Waals surface area contributed by atoms with Gasteiger partial charge in [-0.3, -0.25) is 0 Å². The van der Waals surface area contributed by atoms with Gasteiger partial charge >= 0.3 is 8.72 Å². The molecule has 4 unspecified atom stereocenters. The predicted molar refractivity (Wildman–Crippen MR) is 300 cm³/mol. The highest BCUT2D eigenvalue weighted by Crippen LogP contribution is 2.33. The first-order chi connectivity index (χ1) is 35.5. The SMILES string of the molecule is CCCCC(CC)Cc1cccc(CN=N[Si](N=NCc2cccc(CC(CC)CCCC)c2O)(N=NCc2cccc(CC(CC)CCCC)c2O)N=NCc2cccc(CC(CC)CCCC)c2O)c1O. The maximum Gasteiger partial charge on any atom is 0.650 e. The summed E-state index contributed by atoms with van der Waals surface area (Å²) in [7, 11) is -4.22. The monoisotopic (exact) mass is 1020 g/mol. The van der Waals surface area contributed by atoms with Crippen LogP contribution in [-0.4, -0.2) is 29.1 Å². The number of hydrogen-bond acceptors (Lipinski definition) is 12. The van der Waals surface area contributed by atoms with E-state index in [0.29, 0.717) is 45.9 Å². The zero-order valence-electron chi connectivity index (χ0n) is 46.1. The third-order valence-electron chi connectivity index (χ3n) is 14.8. The fourth-order valence-electron chi connectivity index (χ4n) is 9.71. The van der Waals surface area contributed by atoms with E-state index < -0.39 is 8.72 Å². The first-order valence-electron chi connectivity index (χ1n) is 28.2. The molecule has 0 saturated carbocycles. The lowest BCUT2D eigenvalue weighted by Gasteiger charge is -2.17. The Balaban J connectivity index is 1.82. The Bertz CT molecular complexity index is 2010. The van der Waals surface area contributed by atoms with Crippen LogP contribution in [0.5, 0.6) is 23.0 Å². The summed E-state index contributed by atoms with van der Waals surface area (Å²) in [5, 5.41) is 65.0. The first kappa shape index (κ1) is 60.3. The van der Waals surface area contributed by atoms with E-state index in [0.717, 1.165) is 151 Å². The van der Waals surface area contributed by atoms with Gasteiger partial charge in [0.05, 0.1) is 26.2 Å². The summed E-state index contributed by atoms with van der Waals surface area (Å²) in [5.41, 5.74) is 5.98. The summed E-state index contributed by atoms with van der Waals surface area (Å²) >= 11 is 0. The number of phenols is 4. The summed E-state index contributed by atoms with van der Waals surface area (Å²) < 4.78 is 19.1. The lowest BCUT2D eigenvalue weighted by Crippen LogP contribution is -2.24. The number of aromatic hydroxyl groups is 4. The van der Waals surface area contributed by atoms with Crippen molar-refractivity contribution in [3.63, 3.8) is 0 Å². The number of unbranched alkanes of at least 4 members (excludes halogenated alkanes) is 4. The van der Waals surface area contributed by atoms with Crippen LogP contribution in [0, 0.1) is 23.7 Å². The predicted octanol–water partition coefficient (Wildman–Crippen LogP) is 17.9. The molecule has 0 fully saturated rings. The van der Waals surface area contributed by atoms with Crippen LogP contribution in [0.25, 0.3) is 0 Å². The van der Waals surface area contributed by atoms with E-state index in [-0.39, 0.29) is 49.2 Å². The zero-order chi connectivity index (χ0) is 52.9. The Morgan fingerprint density at radius 1 is 0.329 bits per heavy atom. The number of benzene rings is 4. The molecule has 0 amide bonds. The molecule has 0 aliphatic heterocycles. The molecule has 4 rings (SSSR count). The molecule has 0 saturated heterocycles. The minimum atomic E-state index is -4.22. The minimum Gasteiger partial charge on any atom is -0.507 e. The number of para-hydroxylation sites is 4. The molecule has 400 valence electrons. The van der Waals surface area contributed by atoms with Gasteiger partial charge < -0.3 is 20.4 Å². The number of nitrogens with zero attached hydrogens (tertiary/aromatic N) is 8. The van der Waals surface area contributed by atoms with Crippen LogP contribution >= 0.6 is 0 Å². The lowest BCUT2D eigenvalue weighted by molar-refractivity contribution is 0.423. The van der Waals surface area contributed by atoms with Crippen molar-refractivity contribution in [3.8, 4) is 23.0 Å². The van der Waals surface area contributed by atoms with Crippen molar-refractivity contribution < 1.29 is 20.4 Å². The summed E-state index contributed by atoms with van der Waals surface area (Å²) in [6, 6.07) is 23.1. The van der Waals surface area contributed by atoms with E-state index in [1.54, 1.807) is 0 Å². The van der Waals surface area contributed by atoms with Gasteiger partial charge in [0.2, 0.25) is 0 Å². The molecule has 4 N–H and O–H groups in total. The standard InChI is InChI=1S/C60H92N8O4Si/c1-9-17-25-45(13-5)37-49-29-21-33-53(57(49)69)41-61-65-73(66-62-42-54-34-22-30-50(58(54)70)38-46(14-6)26-18-10-2,67-63-43-55-35-23-31-51(59(55)71)39-47(15-7)27-19-11-3)68-64-44-56-36-24-32-52(60(56)72)40-48(16-8)28-20-12-4/h21-24,29-36,45-48,69-72H,9-20,25-28,37-44H2,1-8H3. The van der Waals surface area contributed by atoms with E-state index in [1.807, 2.05) is 72.8 Å². The highest BCUT2D eigenvalue weighted by Gasteiger charge is 2.40. The van der Waals surface area contributed by atoms with Crippen molar-refractivity contribution >= 4 is 8.72 Å². The van der Waals surface area contributed by atoms with E-state index >= 15 is 0 Å². The Morgan fingerprint density at radius 2 is 0.534 bits per heavy atom. The molecule has 4 aromatic carbocycles. The normalized spacial score (nSPS) is 14.7. The number of hydrogen-bond donors (Lipinski definition) is 4. The van der Waals surface area contributed by atoms with Gasteiger partial charge in [0, 0.05) is 22.3 Å². The first-order valence-corrected chi connectivity index (χ1v) is 30.0. The third kappa shape index (κ3) is 19.8. The molecule has 0 radical (unpaired) electrons. The molecular weight excluding hydrogens is 925 g/mol. The second-order valence-electron chi connectivity index (χ2n) is 20.4. The van der Waals surface area contributed by atoms with Crippen LogP contribution in [0.1, 0.15) is 203 Å². The van der Waals surface area contributed by atoms with Crippen molar-refractivity contribution in [2.24, 2.45) is 63.2 Å². The van der Waals surface area contributed by atoms with Gasteiger partial charge in [-0.15, -0.1) is 0 Å². The van der Waals surface area contributed by atoms with Crippen molar-refractivity contribution in [1.29, 1.82) is 0 Å². The van der Waals surface area contributed by atoms with Crippen molar-refractivity contribution in [2.45, 2.75) is 210 Å². The molecular formula is C60H92N8O4Si. The molecule has 13 heteroatoms. The summed E-state index contributed by atoms with van der Waals surface area (Å²) in [6.07, 6.45) is 20.7. The van der Waals surface area contributed by atoms with Gasteiger partial charge in [-0.25, -0.2) is 0 Å². The molecule has 0 heterocycles. The van der Waals surface area contributed by atoms with Crippen LogP contribution in [0.3, 0.4) is 0 Å². The largest absolute Gasteiger partial charge is 0.650 e. The van der Waals surface area contributed by atoms with Crippen LogP contribution in [0.4, 0.5) is 0 Å². The van der Waals surface area contributed by atoms with Crippen LogP contribution in [0.2, 0.25) is 0 Å². The highest BCUT2D eigenvalue weighted by molar-refractivity contribution is 6.72. The summed E-state index contributed by atoms with van der Waals surface area (Å²) in [5.74, 6) is 2.65. The fraction of sp³-hybridized carbons (Fsp3) is 0.600. The van der Waals surface area contributed by atoms with Gasteiger partial charge in [0.25, 0.3) is 0 Å². The Morgan fingerprint density at radius 3 is 0.726 bits per heavy atom. The van der Waals surface area contributed by atoms with Gasteiger partial charge in [-0.2, -0.15) is 39.6 Å². The molecule has 0 aliphatic carbocycles. The minimum absolute atomic E-state index is 0.0269. The molecule has 0 bridgehead atoms. The van der Waals surface area contributed by atoms with Gasteiger partial charge in [0.1, 0.15) is 23.0 Å². The Hall–Kier alpha value is -5.30. The Labute approximate surface area is 440 Å². The van der Waals surface area contributed by atoms with Gasteiger partial charge in [0.15, 0.2) is 0 Å². The van der Waals surface area contributed by atoms with E-state index in [1.165, 1.54) is 0 Å². The molecule has 0 aliphatic rings. The Kier molecular flexibility index (Phi) is 27.7. The zero-order valence-corrected chi connectivity index (χ0v) is 47.1. The van der Waals surface area contributed by atoms with Crippen molar-refractivity contribution in [2.75, 3.05) is 0 Å². The average molecular weight is 1020 g/mol. The maximum atomic E-state index is 11.6. The van der Waals surface area contributed by atoms with Gasteiger partial charge in [-0.05, 0) is 71.6 Å². The average Bonchev–Trinajstić information content (AvgIpc) is 3.40. The number of rotatable bonds is 36. The van der Waals surface area contributed by atoms with Crippen LogP contribution < -0.4 is 0 Å². The molecule has 12 nitrogen and oxygen atoms in total. The molecule has 0 spiro atoms. The second kappa shape index (κ2) is 33.5. The lowest BCUT2D eigenvalue weighted by atomic mass is 9.91. The highest BCUT2D eigenvalue weighted by atomic mass is 28.4. The smallest absolute Gasteiger partial charge is 0.507 e. The van der Waals surface area contributed by atoms with E-state index in [9.17, 15) is 20.4 Å². The van der Waals surface area contributed by atoms with Crippen LogP contribution in [-0.2, 0) is 51.9 Å². The molecule has 4 atom stereocenters. The molecule has 73 heavy (non-hydrogen) atoms. The second-order valence-corrected chi connectivity index (χ2v) is 22.4. The van der Waals surface area contributed by atoms with Crippen molar-refractivity contribution in [1.82, 2.24) is 0 Å². The summed E-state index contributed by atoms with van der Waals surface area (Å²) in [6.45, 7) is 17.7. The molecule has 4 aromatic rings. The third-order valence-corrected chi connectivity index (χ3v) is 16.4. The fourth-order valence-corrected chi connectivity index (χ4v) is 11.0. The van der Waals surface area contributed by atoms with Gasteiger partial charge in [-0.1, -0.05) is 231 Å². The van der Waals surface area contributed by atoms with E-state index in [2.05, 4.69) is 75.8 Å². The van der Waals surface area contributed by atoms with Crippen LogP contribution in [0.15, 0.2) is 112 Å². The van der Waals surface area contributed by atoms with E-state index in [4.69, 9.17) is 19.1 Å². The maximum absolute atomic E-state index is 11.6. The summed E-state index contributed by atoms with van der Waals surface area (Å²) in [4.78, 5) is 0. The number of phenolic OH excluding ortho intramolecular Hbond substituents is 4. The van der Waals surface area contributed by atoms with Crippen molar-refractivity contribution in [3.05, 3.63) is 117 Å². The molecule has 0 aromatic heterocycles. The quantitative estimate of drug-likeness (QED) is 0.0262. The topological polar surface area (TPSA) is 180 Å².